The quantitative estimate of drug-likeness (QED) is 0.142. The van der Waals surface area contributed by atoms with E-state index in [4.69, 9.17) is 14.2 Å². The first kappa shape index (κ1) is 38.1. The second-order valence-electron chi connectivity index (χ2n) is 12.7. The van der Waals surface area contributed by atoms with Gasteiger partial charge in [0.25, 0.3) is 5.91 Å². The number of hydrogen-bond acceptors (Lipinski definition) is 9. The van der Waals surface area contributed by atoms with Crippen LogP contribution in [0.15, 0.2) is 30.3 Å². The highest BCUT2D eigenvalue weighted by Crippen LogP contribution is 2.21. The summed E-state index contributed by atoms with van der Waals surface area (Å²) in [6.45, 7) is 13.4. The minimum absolute atomic E-state index is 0.0564. The van der Waals surface area contributed by atoms with Crippen LogP contribution in [0, 0.1) is 11.8 Å². The van der Waals surface area contributed by atoms with Gasteiger partial charge in [0, 0.05) is 6.42 Å². The summed E-state index contributed by atoms with van der Waals surface area (Å²) in [5.74, 6) is -4.33. The van der Waals surface area contributed by atoms with Crippen LogP contribution in [-0.2, 0) is 44.8 Å². The van der Waals surface area contributed by atoms with Crippen LogP contribution >= 0.6 is 0 Å². The van der Waals surface area contributed by atoms with E-state index in [2.05, 4.69) is 16.0 Å². The van der Waals surface area contributed by atoms with Gasteiger partial charge in [-0.15, -0.1) is 0 Å². The highest BCUT2D eigenvalue weighted by Gasteiger charge is 2.51. The minimum Gasteiger partial charge on any atom is -0.467 e. The topological polar surface area (TPSA) is 166 Å². The molecule has 12 nitrogen and oxygen atoms in total. The van der Waals surface area contributed by atoms with Crippen molar-refractivity contribution in [1.82, 2.24) is 16.0 Å². The van der Waals surface area contributed by atoms with E-state index in [1.165, 1.54) is 14.0 Å². The summed E-state index contributed by atoms with van der Waals surface area (Å²) in [6.07, 6.45) is -1.32. The van der Waals surface area contributed by atoms with Crippen molar-refractivity contribution in [2.75, 3.05) is 7.11 Å². The Balaban J connectivity index is 3.62. The summed E-state index contributed by atoms with van der Waals surface area (Å²) >= 11 is 0. The van der Waals surface area contributed by atoms with Gasteiger partial charge in [0.15, 0.2) is 0 Å². The third-order valence-electron chi connectivity index (χ3n) is 6.35. The Morgan fingerprint density at radius 1 is 0.841 bits per heavy atom. The van der Waals surface area contributed by atoms with Crippen molar-refractivity contribution in [3.63, 3.8) is 0 Å². The second kappa shape index (κ2) is 17.4. The van der Waals surface area contributed by atoms with E-state index in [-0.39, 0.29) is 43.5 Å². The zero-order valence-electron chi connectivity index (χ0n) is 27.4. The smallest absolute Gasteiger partial charge is 0.408 e. The molecule has 0 saturated carbocycles. The number of ketones is 1. The molecule has 246 valence electrons. The first-order chi connectivity index (χ1) is 20.4. The van der Waals surface area contributed by atoms with E-state index in [0.717, 1.165) is 0 Å². The number of ether oxygens (including phenoxy) is 3. The molecule has 0 aliphatic heterocycles. The predicted octanol–water partition coefficient (Wildman–Crippen LogP) is 3.60. The SMILES string of the molecule is COC(=O)[C@H](CC(C)C)NC(=O)C(CCC(C)=O)(NC(=O)[C@H](CC(C)C)NC(=O)OC(C)(C)C)C(=O)OCc1ccccc1. The molecule has 0 heterocycles. The van der Waals surface area contributed by atoms with Crippen molar-refractivity contribution in [3.8, 4) is 0 Å². The predicted molar refractivity (Wildman–Crippen MR) is 163 cm³/mol. The van der Waals surface area contributed by atoms with Gasteiger partial charge in [0.05, 0.1) is 7.11 Å². The zero-order valence-corrected chi connectivity index (χ0v) is 27.4. The summed E-state index contributed by atoms with van der Waals surface area (Å²) in [6, 6.07) is 6.31. The molecule has 3 amide bonds. The number of carbonyl (C=O) groups is 6. The number of benzene rings is 1. The van der Waals surface area contributed by atoms with E-state index in [1.54, 1.807) is 51.1 Å². The molecule has 1 rings (SSSR count). The number of rotatable bonds is 16. The van der Waals surface area contributed by atoms with Crippen LogP contribution in [0.4, 0.5) is 4.79 Å². The van der Waals surface area contributed by atoms with Crippen LogP contribution in [-0.4, -0.2) is 66.0 Å². The Bertz CT molecular complexity index is 1150. The normalized spacial score (nSPS) is 14.1. The first-order valence-corrected chi connectivity index (χ1v) is 14.8. The third-order valence-corrected chi connectivity index (χ3v) is 6.35. The van der Waals surface area contributed by atoms with Crippen molar-refractivity contribution in [1.29, 1.82) is 0 Å². The van der Waals surface area contributed by atoms with Crippen LogP contribution < -0.4 is 16.0 Å². The van der Waals surface area contributed by atoms with Crippen LogP contribution in [0.1, 0.15) is 86.6 Å². The van der Waals surface area contributed by atoms with Crippen molar-refractivity contribution in [3.05, 3.63) is 35.9 Å². The molecule has 0 aliphatic carbocycles. The molecular formula is C32H49N3O9. The second-order valence-corrected chi connectivity index (χ2v) is 12.7. The Labute approximate surface area is 260 Å². The molecule has 0 fully saturated rings. The fourth-order valence-corrected chi connectivity index (χ4v) is 4.25. The lowest BCUT2D eigenvalue weighted by atomic mass is 9.89. The van der Waals surface area contributed by atoms with Crippen LogP contribution in [0.5, 0.6) is 0 Å². The fraction of sp³-hybridized carbons (Fsp3) is 0.625. The number of esters is 2. The number of hydrogen-bond donors (Lipinski definition) is 3. The van der Waals surface area contributed by atoms with Gasteiger partial charge in [-0.1, -0.05) is 58.0 Å². The van der Waals surface area contributed by atoms with Gasteiger partial charge in [-0.3, -0.25) is 9.59 Å². The maximum absolute atomic E-state index is 14.1. The number of nitrogens with one attached hydrogen (secondary N) is 3. The number of amides is 3. The van der Waals surface area contributed by atoms with Gasteiger partial charge >= 0.3 is 18.0 Å². The molecule has 0 saturated heterocycles. The van der Waals surface area contributed by atoms with E-state index in [1.807, 2.05) is 27.7 Å². The van der Waals surface area contributed by atoms with Crippen LogP contribution in [0.25, 0.3) is 0 Å². The Morgan fingerprint density at radius 3 is 1.91 bits per heavy atom. The summed E-state index contributed by atoms with van der Waals surface area (Å²) in [4.78, 5) is 79.2. The molecule has 3 N–H and O–H groups in total. The van der Waals surface area contributed by atoms with Crippen molar-refractivity contribution in [2.45, 2.75) is 111 Å². The lowest BCUT2D eigenvalue weighted by Gasteiger charge is -2.34. The minimum atomic E-state index is -2.44. The third kappa shape index (κ3) is 13.1. The first-order valence-electron chi connectivity index (χ1n) is 14.8. The lowest BCUT2D eigenvalue weighted by Crippen LogP contribution is -2.68. The molecule has 44 heavy (non-hydrogen) atoms. The highest BCUT2D eigenvalue weighted by atomic mass is 16.6. The standard InChI is InChI=1S/C32H49N3O9/c1-20(2)17-24(34-30(41)44-31(6,7)8)26(37)35-32(16-15-22(5)36,29(40)43-19-23-13-11-10-12-14-23)28(39)33-25(18-21(3)4)27(38)42-9/h10-14,20-21,24-25H,15-19H2,1-9H3,(H,33,39)(H,34,41)(H,35,37)/t24-,25-,32?/m0/s1. The summed E-state index contributed by atoms with van der Waals surface area (Å²) in [7, 11) is 1.17. The highest BCUT2D eigenvalue weighted by molar-refractivity contribution is 6.11. The van der Waals surface area contributed by atoms with Crippen LogP contribution in [0.3, 0.4) is 0 Å². The molecule has 0 bridgehead atoms. The molecule has 0 radical (unpaired) electrons. The van der Waals surface area contributed by atoms with Gasteiger partial charge in [-0.2, -0.15) is 0 Å². The molecule has 0 aromatic heterocycles. The van der Waals surface area contributed by atoms with Crippen molar-refractivity contribution < 1.29 is 43.0 Å². The molecule has 1 unspecified atom stereocenters. The van der Waals surface area contributed by atoms with Gasteiger partial charge in [-0.25, -0.2) is 14.4 Å². The molecule has 1 aromatic carbocycles. The average molecular weight is 620 g/mol. The van der Waals surface area contributed by atoms with E-state index < -0.39 is 59.5 Å². The molecule has 0 aliphatic rings. The average Bonchev–Trinajstić information content (AvgIpc) is 2.91. The molecule has 3 atom stereocenters. The molecule has 0 spiro atoms. The molecule has 1 aromatic rings. The fourth-order valence-electron chi connectivity index (χ4n) is 4.25. The van der Waals surface area contributed by atoms with E-state index in [9.17, 15) is 28.8 Å². The number of carbonyl (C=O) groups excluding carboxylic acids is 6. The largest absolute Gasteiger partial charge is 0.467 e. The zero-order chi connectivity index (χ0) is 33.7. The van der Waals surface area contributed by atoms with Crippen molar-refractivity contribution >= 4 is 35.6 Å². The van der Waals surface area contributed by atoms with E-state index in [0.29, 0.717) is 5.56 Å². The van der Waals surface area contributed by atoms with Crippen molar-refractivity contribution in [2.24, 2.45) is 11.8 Å². The number of Topliss-reactive ketones (excluding diaryl/α,β-unsaturated/α-hetero) is 1. The van der Waals surface area contributed by atoms with Gasteiger partial charge < -0.3 is 35.0 Å². The molecule has 12 heteroatoms. The molecular weight excluding hydrogens is 570 g/mol. The summed E-state index contributed by atoms with van der Waals surface area (Å²) < 4.78 is 15.7. The van der Waals surface area contributed by atoms with Gasteiger partial charge in [0.2, 0.25) is 11.4 Å². The lowest BCUT2D eigenvalue weighted by molar-refractivity contribution is -0.162. The van der Waals surface area contributed by atoms with Gasteiger partial charge in [-0.05, 0) is 64.4 Å². The summed E-state index contributed by atoms with van der Waals surface area (Å²) in [5, 5.41) is 7.58. The monoisotopic (exact) mass is 619 g/mol. The maximum Gasteiger partial charge on any atom is 0.408 e. The van der Waals surface area contributed by atoms with Crippen LogP contribution in [0.2, 0.25) is 0 Å². The Hall–Kier alpha value is -3.96. The maximum atomic E-state index is 14.1. The number of methoxy groups -OCH3 is 1. The summed E-state index contributed by atoms with van der Waals surface area (Å²) in [5.41, 5.74) is -2.68. The van der Waals surface area contributed by atoms with Gasteiger partial charge in [0.1, 0.15) is 30.1 Å². The Kier molecular flexibility index (Phi) is 15.0. The van der Waals surface area contributed by atoms with E-state index >= 15 is 0 Å². The number of alkyl carbamates (subject to hydrolysis) is 1. The Morgan fingerprint density at radius 2 is 1.41 bits per heavy atom.